The number of anilines is 2. The third-order valence-corrected chi connectivity index (χ3v) is 3.57. The number of aliphatic carboxylic acids is 1. The smallest absolute Gasteiger partial charge is 0.339 e. The van der Waals surface area contributed by atoms with E-state index in [-0.39, 0.29) is 18.4 Å². The number of esters is 1. The molecule has 8 nitrogen and oxygen atoms in total. The van der Waals surface area contributed by atoms with E-state index in [0.29, 0.717) is 16.9 Å². The van der Waals surface area contributed by atoms with Gasteiger partial charge in [-0.15, -0.1) is 0 Å². The van der Waals surface area contributed by atoms with Crippen molar-refractivity contribution in [2.45, 2.75) is 12.8 Å². The van der Waals surface area contributed by atoms with Crippen molar-refractivity contribution in [3.05, 3.63) is 59.7 Å². The molecule has 2 aromatic carbocycles. The summed E-state index contributed by atoms with van der Waals surface area (Å²) in [7, 11) is 1.25. The normalized spacial score (nSPS) is 9.96. The lowest BCUT2D eigenvalue weighted by atomic mass is 10.1. The highest BCUT2D eigenvalue weighted by Crippen LogP contribution is 2.18. The molecule has 2 amide bonds. The molecule has 27 heavy (non-hydrogen) atoms. The molecule has 0 aliphatic rings. The van der Waals surface area contributed by atoms with Crippen LogP contribution in [0.5, 0.6) is 0 Å². The molecule has 0 aliphatic carbocycles. The number of nitrogens with one attached hydrogen (secondary N) is 2. The van der Waals surface area contributed by atoms with Gasteiger partial charge in [-0.1, -0.05) is 12.1 Å². The minimum atomic E-state index is -1.30. The molecule has 0 bridgehead atoms. The van der Waals surface area contributed by atoms with Crippen LogP contribution in [-0.2, 0) is 14.3 Å². The Morgan fingerprint density at radius 1 is 0.926 bits per heavy atom. The average molecular weight is 369 g/mol. The van der Waals surface area contributed by atoms with Crippen molar-refractivity contribution < 1.29 is 29.0 Å². The first-order chi connectivity index (χ1) is 12.9. The van der Waals surface area contributed by atoms with Gasteiger partial charge in [0.15, 0.2) is 0 Å². The van der Waals surface area contributed by atoms with Gasteiger partial charge in [0.1, 0.15) is 0 Å². The van der Waals surface area contributed by atoms with Crippen LogP contribution < -0.4 is 15.7 Å². The van der Waals surface area contributed by atoms with Gasteiger partial charge in [-0.2, -0.15) is 0 Å². The van der Waals surface area contributed by atoms with Crippen LogP contribution in [0.4, 0.5) is 11.4 Å². The second-order valence-electron chi connectivity index (χ2n) is 5.49. The molecule has 2 aromatic rings. The van der Waals surface area contributed by atoms with Crippen molar-refractivity contribution in [1.29, 1.82) is 0 Å². The number of benzene rings is 2. The van der Waals surface area contributed by atoms with Gasteiger partial charge in [0, 0.05) is 23.6 Å². The molecule has 140 valence electrons. The highest BCUT2D eigenvalue weighted by Gasteiger charge is 2.14. The standard InChI is InChI=1S/C19H18N2O6/c1-27-19(26)14-4-2-3-5-15(14)21-18(25)12-6-8-13(9-7-12)20-16(22)10-11-17(23)24/h2-9H,10-11H2,1H3,(H,20,22)(H,21,25)(H,23,24)/p-1. The molecule has 0 atom stereocenters. The highest BCUT2D eigenvalue weighted by molar-refractivity contribution is 6.08. The minimum absolute atomic E-state index is 0.200. The van der Waals surface area contributed by atoms with Crippen LogP contribution in [0.2, 0.25) is 0 Å². The van der Waals surface area contributed by atoms with E-state index in [2.05, 4.69) is 15.4 Å². The fraction of sp³-hybridized carbons (Fsp3) is 0.158. The van der Waals surface area contributed by atoms with Gasteiger partial charge in [-0.3, -0.25) is 9.59 Å². The Morgan fingerprint density at radius 3 is 2.22 bits per heavy atom. The number of carboxylic acid groups (broad SMARTS) is 1. The second-order valence-corrected chi connectivity index (χ2v) is 5.49. The predicted octanol–water partition coefficient (Wildman–Crippen LogP) is 1.19. The van der Waals surface area contributed by atoms with Crippen molar-refractivity contribution in [2.24, 2.45) is 0 Å². The summed E-state index contributed by atoms with van der Waals surface area (Å²) < 4.78 is 4.68. The lowest BCUT2D eigenvalue weighted by Crippen LogP contribution is -2.24. The zero-order valence-corrected chi connectivity index (χ0v) is 14.5. The van der Waals surface area contributed by atoms with Crippen molar-refractivity contribution in [1.82, 2.24) is 0 Å². The summed E-state index contributed by atoms with van der Waals surface area (Å²) in [5, 5.41) is 15.5. The lowest BCUT2D eigenvalue weighted by molar-refractivity contribution is -0.305. The largest absolute Gasteiger partial charge is 0.550 e. The van der Waals surface area contributed by atoms with Crippen molar-refractivity contribution >= 4 is 35.1 Å². The van der Waals surface area contributed by atoms with Crippen LogP contribution in [0, 0.1) is 0 Å². The molecule has 0 fully saturated rings. The second kappa shape index (κ2) is 9.14. The molecule has 2 rings (SSSR count). The molecule has 2 N–H and O–H groups in total. The van der Waals surface area contributed by atoms with E-state index in [1.54, 1.807) is 18.2 Å². The maximum Gasteiger partial charge on any atom is 0.339 e. The average Bonchev–Trinajstić information content (AvgIpc) is 2.66. The Hall–Kier alpha value is -3.68. The molecule has 0 spiro atoms. The molecular weight excluding hydrogens is 352 g/mol. The van der Waals surface area contributed by atoms with Gasteiger partial charge in [0.05, 0.1) is 18.4 Å². The Kier molecular flexibility index (Phi) is 6.65. The fourth-order valence-electron chi connectivity index (χ4n) is 2.22. The summed E-state index contributed by atoms with van der Waals surface area (Å²) >= 11 is 0. The van der Waals surface area contributed by atoms with Crippen LogP contribution in [-0.4, -0.2) is 30.9 Å². The first-order valence-electron chi connectivity index (χ1n) is 7.99. The van der Waals surface area contributed by atoms with Crippen LogP contribution in [0.15, 0.2) is 48.5 Å². The molecule has 0 aliphatic heterocycles. The third-order valence-electron chi connectivity index (χ3n) is 3.57. The van der Waals surface area contributed by atoms with E-state index in [1.165, 1.54) is 37.4 Å². The van der Waals surface area contributed by atoms with E-state index in [4.69, 9.17) is 0 Å². The minimum Gasteiger partial charge on any atom is -0.550 e. The van der Waals surface area contributed by atoms with Crippen LogP contribution >= 0.6 is 0 Å². The number of methoxy groups -OCH3 is 1. The third kappa shape index (κ3) is 5.67. The van der Waals surface area contributed by atoms with E-state index >= 15 is 0 Å². The van der Waals surface area contributed by atoms with E-state index in [9.17, 15) is 24.3 Å². The molecule has 0 saturated heterocycles. The lowest BCUT2D eigenvalue weighted by Gasteiger charge is -2.10. The Labute approximate surface area is 155 Å². The molecule has 0 saturated carbocycles. The summed E-state index contributed by atoms with van der Waals surface area (Å²) in [5.41, 5.74) is 1.27. The summed E-state index contributed by atoms with van der Waals surface area (Å²) in [4.78, 5) is 46.0. The van der Waals surface area contributed by atoms with Gasteiger partial charge in [-0.05, 0) is 42.8 Å². The summed E-state index contributed by atoms with van der Waals surface area (Å²) in [6.07, 6.45) is -0.569. The monoisotopic (exact) mass is 369 g/mol. The number of carboxylic acids is 1. The molecular formula is C19H17N2O6-. The predicted molar refractivity (Wildman–Crippen MR) is 95.0 cm³/mol. The number of hydrogen-bond donors (Lipinski definition) is 2. The Balaban J connectivity index is 2.03. The highest BCUT2D eigenvalue weighted by atomic mass is 16.5. The molecule has 0 unspecified atom stereocenters. The number of rotatable bonds is 7. The van der Waals surface area contributed by atoms with Crippen molar-refractivity contribution in [3.63, 3.8) is 0 Å². The van der Waals surface area contributed by atoms with Gasteiger partial charge < -0.3 is 25.3 Å². The fourth-order valence-corrected chi connectivity index (χ4v) is 2.22. The first kappa shape index (κ1) is 19.6. The number of ether oxygens (including phenoxy) is 1. The quantitative estimate of drug-likeness (QED) is 0.707. The summed E-state index contributed by atoms with van der Waals surface area (Å²) in [6, 6.07) is 12.4. The topological polar surface area (TPSA) is 125 Å². The van der Waals surface area contributed by atoms with Crippen LogP contribution in [0.3, 0.4) is 0 Å². The number of hydrogen-bond acceptors (Lipinski definition) is 6. The number of amides is 2. The van der Waals surface area contributed by atoms with E-state index in [1.807, 2.05) is 0 Å². The number of carbonyl (C=O) groups excluding carboxylic acids is 4. The zero-order chi connectivity index (χ0) is 19.8. The molecule has 8 heteroatoms. The van der Waals surface area contributed by atoms with Crippen molar-refractivity contribution in [3.8, 4) is 0 Å². The summed E-state index contributed by atoms with van der Waals surface area (Å²) in [6.45, 7) is 0. The van der Waals surface area contributed by atoms with Crippen molar-refractivity contribution in [2.75, 3.05) is 17.7 Å². The number of para-hydroxylation sites is 1. The van der Waals surface area contributed by atoms with Gasteiger partial charge >= 0.3 is 5.97 Å². The van der Waals surface area contributed by atoms with Gasteiger partial charge in [0.2, 0.25) is 5.91 Å². The van der Waals surface area contributed by atoms with E-state index in [0.717, 1.165) is 0 Å². The Bertz CT molecular complexity index is 861. The Morgan fingerprint density at radius 2 is 1.59 bits per heavy atom. The van der Waals surface area contributed by atoms with Crippen LogP contribution in [0.25, 0.3) is 0 Å². The molecule has 0 heterocycles. The SMILES string of the molecule is COC(=O)c1ccccc1NC(=O)c1ccc(NC(=O)CCC(=O)[O-])cc1. The zero-order valence-electron chi connectivity index (χ0n) is 14.5. The van der Waals surface area contributed by atoms with Gasteiger partial charge in [-0.25, -0.2) is 4.79 Å². The van der Waals surface area contributed by atoms with Crippen LogP contribution in [0.1, 0.15) is 33.6 Å². The number of carbonyl (C=O) groups is 4. The first-order valence-corrected chi connectivity index (χ1v) is 7.99. The molecule has 0 radical (unpaired) electrons. The maximum absolute atomic E-state index is 12.4. The van der Waals surface area contributed by atoms with E-state index < -0.39 is 23.8 Å². The summed E-state index contributed by atoms with van der Waals surface area (Å²) in [5.74, 6) is -2.78. The molecule has 0 aromatic heterocycles. The van der Waals surface area contributed by atoms with Gasteiger partial charge in [0.25, 0.3) is 5.91 Å². The maximum atomic E-state index is 12.4.